The van der Waals surface area contributed by atoms with Crippen molar-refractivity contribution in [3.8, 4) is 0 Å². The fourth-order valence-electron chi connectivity index (χ4n) is 1.71. The van der Waals surface area contributed by atoms with Crippen molar-refractivity contribution in [1.82, 2.24) is 15.1 Å². The number of aromatic nitrogens is 2. The predicted octanol–water partition coefficient (Wildman–Crippen LogP) is 0.962. The molecule has 0 saturated carbocycles. The van der Waals surface area contributed by atoms with E-state index in [0.717, 1.165) is 0 Å². The van der Waals surface area contributed by atoms with Gasteiger partial charge in [0.05, 0.1) is 4.92 Å². The zero-order chi connectivity index (χ0) is 14.7. The number of hydrogen-bond acceptors (Lipinski definition) is 5. The molecule has 0 bridgehead atoms. The van der Waals surface area contributed by atoms with Crippen LogP contribution in [0.15, 0.2) is 0 Å². The first kappa shape index (κ1) is 14.9. The molecule has 19 heavy (non-hydrogen) atoms. The van der Waals surface area contributed by atoms with E-state index in [1.165, 1.54) is 4.68 Å². The fraction of sp³-hybridized carbons (Fsp3) is 0.636. The summed E-state index contributed by atoms with van der Waals surface area (Å²) in [6, 6.07) is -0.573. The normalized spacial score (nSPS) is 12.3. The largest absolute Gasteiger partial charge is 0.353 e. The molecule has 8 heteroatoms. The van der Waals surface area contributed by atoms with E-state index < -0.39 is 11.0 Å². The Hall–Kier alpha value is -2.12. The third-order valence-corrected chi connectivity index (χ3v) is 2.55. The van der Waals surface area contributed by atoms with Crippen LogP contribution in [0.4, 0.5) is 11.5 Å². The average molecular weight is 269 g/mol. The maximum atomic E-state index is 11.8. The Morgan fingerprint density at radius 1 is 1.42 bits per heavy atom. The van der Waals surface area contributed by atoms with Gasteiger partial charge in [-0.2, -0.15) is 5.10 Å². The van der Waals surface area contributed by atoms with Gasteiger partial charge in [-0.15, -0.1) is 0 Å². The lowest BCUT2D eigenvalue weighted by Gasteiger charge is -2.16. The van der Waals surface area contributed by atoms with Crippen LogP contribution >= 0.6 is 0 Å². The van der Waals surface area contributed by atoms with Gasteiger partial charge in [0.2, 0.25) is 11.7 Å². The lowest BCUT2D eigenvalue weighted by molar-refractivity contribution is -0.384. The lowest BCUT2D eigenvalue weighted by atomic mass is 10.2. The van der Waals surface area contributed by atoms with E-state index in [9.17, 15) is 14.9 Å². The van der Waals surface area contributed by atoms with Gasteiger partial charge in [0.25, 0.3) is 0 Å². The number of anilines is 1. The average Bonchev–Trinajstić information content (AvgIpc) is 2.52. The zero-order valence-corrected chi connectivity index (χ0v) is 11.7. The van der Waals surface area contributed by atoms with Gasteiger partial charge in [0.15, 0.2) is 0 Å². The highest BCUT2D eigenvalue weighted by Crippen LogP contribution is 2.27. The number of nitrogens with zero attached hydrogens (tertiary/aromatic N) is 3. The van der Waals surface area contributed by atoms with Crippen LogP contribution in [0.2, 0.25) is 0 Å². The van der Waals surface area contributed by atoms with E-state index in [0.29, 0.717) is 5.69 Å². The molecule has 1 aromatic heterocycles. The SMILES string of the molecule is Cc1nn(C)c(NC(C)C(=O)NC(C)C)c1[N+](=O)[O-]. The van der Waals surface area contributed by atoms with Crippen LogP contribution in [0.3, 0.4) is 0 Å². The van der Waals surface area contributed by atoms with Crippen molar-refractivity contribution < 1.29 is 9.72 Å². The van der Waals surface area contributed by atoms with Crippen LogP contribution in [0.5, 0.6) is 0 Å². The Bertz CT molecular complexity index is 495. The van der Waals surface area contributed by atoms with Crippen molar-refractivity contribution in [1.29, 1.82) is 0 Å². The molecule has 1 rings (SSSR count). The van der Waals surface area contributed by atoms with E-state index in [4.69, 9.17) is 0 Å². The molecule has 106 valence electrons. The molecule has 0 radical (unpaired) electrons. The number of aryl methyl sites for hydroxylation is 2. The predicted molar refractivity (Wildman–Crippen MR) is 71.0 cm³/mol. The maximum absolute atomic E-state index is 11.8. The van der Waals surface area contributed by atoms with Gasteiger partial charge >= 0.3 is 5.69 Å². The molecular weight excluding hydrogens is 250 g/mol. The van der Waals surface area contributed by atoms with Gasteiger partial charge in [-0.3, -0.25) is 14.9 Å². The van der Waals surface area contributed by atoms with Crippen LogP contribution in [0.25, 0.3) is 0 Å². The van der Waals surface area contributed by atoms with Crippen LogP contribution in [0.1, 0.15) is 26.5 Å². The highest BCUT2D eigenvalue weighted by molar-refractivity contribution is 5.84. The van der Waals surface area contributed by atoms with E-state index >= 15 is 0 Å². The third-order valence-electron chi connectivity index (χ3n) is 2.55. The Morgan fingerprint density at radius 2 is 2.00 bits per heavy atom. The summed E-state index contributed by atoms with van der Waals surface area (Å²) in [5.74, 6) is 0.0112. The summed E-state index contributed by atoms with van der Waals surface area (Å²) in [4.78, 5) is 22.3. The summed E-state index contributed by atoms with van der Waals surface area (Å²) in [5, 5.41) is 20.6. The molecule has 1 aromatic rings. The van der Waals surface area contributed by atoms with Gasteiger partial charge in [-0.05, 0) is 27.7 Å². The maximum Gasteiger partial charge on any atom is 0.333 e. The Balaban J connectivity index is 2.93. The van der Waals surface area contributed by atoms with Gasteiger partial charge in [0.1, 0.15) is 11.7 Å². The van der Waals surface area contributed by atoms with Gasteiger partial charge in [0, 0.05) is 13.1 Å². The molecule has 1 unspecified atom stereocenters. The molecule has 0 aliphatic carbocycles. The molecule has 0 saturated heterocycles. The molecule has 0 spiro atoms. The van der Waals surface area contributed by atoms with E-state index in [-0.39, 0.29) is 23.5 Å². The molecule has 1 amide bonds. The van der Waals surface area contributed by atoms with Gasteiger partial charge in [-0.25, -0.2) is 4.68 Å². The molecule has 1 atom stereocenters. The van der Waals surface area contributed by atoms with Gasteiger partial charge < -0.3 is 10.6 Å². The summed E-state index contributed by atoms with van der Waals surface area (Å²) >= 11 is 0. The number of nitro groups is 1. The van der Waals surface area contributed by atoms with Gasteiger partial charge in [-0.1, -0.05) is 0 Å². The van der Waals surface area contributed by atoms with Crippen LogP contribution in [0, 0.1) is 17.0 Å². The quantitative estimate of drug-likeness (QED) is 0.612. The number of carbonyl (C=O) groups is 1. The number of amides is 1. The summed E-state index contributed by atoms with van der Waals surface area (Å²) in [6.07, 6.45) is 0. The number of hydrogen-bond donors (Lipinski definition) is 2. The van der Waals surface area contributed by atoms with Crippen LogP contribution in [-0.2, 0) is 11.8 Å². The van der Waals surface area contributed by atoms with Crippen LogP contribution < -0.4 is 10.6 Å². The van der Waals surface area contributed by atoms with Crippen molar-refractivity contribution in [3.63, 3.8) is 0 Å². The standard InChI is InChI=1S/C11H19N5O3/c1-6(2)12-11(17)8(4)13-10-9(16(18)19)7(3)14-15(10)5/h6,8,13H,1-5H3,(H,12,17). The minimum absolute atomic E-state index is 0.0139. The molecule has 8 nitrogen and oxygen atoms in total. The van der Waals surface area contributed by atoms with Crippen molar-refractivity contribution >= 4 is 17.4 Å². The highest BCUT2D eigenvalue weighted by atomic mass is 16.6. The van der Waals surface area contributed by atoms with Crippen LogP contribution in [-0.4, -0.2) is 32.7 Å². The fourth-order valence-corrected chi connectivity index (χ4v) is 1.71. The molecule has 0 fully saturated rings. The number of carbonyl (C=O) groups excluding carboxylic acids is 1. The Kier molecular flexibility index (Phi) is 4.47. The smallest absolute Gasteiger partial charge is 0.333 e. The second kappa shape index (κ2) is 5.68. The second-order valence-corrected chi connectivity index (χ2v) is 4.69. The minimum atomic E-state index is -0.587. The first-order valence-electron chi connectivity index (χ1n) is 5.99. The van der Waals surface area contributed by atoms with Crippen molar-refractivity contribution in [2.45, 2.75) is 39.8 Å². The summed E-state index contributed by atoms with van der Waals surface area (Å²) in [5.41, 5.74) is 0.207. The number of rotatable bonds is 5. The molecule has 2 N–H and O–H groups in total. The Labute approximate surface area is 111 Å². The van der Waals surface area contributed by atoms with Crippen molar-refractivity contribution in [3.05, 3.63) is 15.8 Å². The highest BCUT2D eigenvalue weighted by Gasteiger charge is 2.26. The Morgan fingerprint density at radius 3 is 2.47 bits per heavy atom. The first-order valence-corrected chi connectivity index (χ1v) is 5.99. The van der Waals surface area contributed by atoms with E-state index in [1.807, 2.05) is 13.8 Å². The number of nitrogens with one attached hydrogen (secondary N) is 2. The summed E-state index contributed by atoms with van der Waals surface area (Å²) in [7, 11) is 1.59. The summed E-state index contributed by atoms with van der Waals surface area (Å²) < 4.78 is 1.37. The molecule has 0 aliphatic heterocycles. The third kappa shape index (κ3) is 3.43. The molecule has 0 aliphatic rings. The van der Waals surface area contributed by atoms with Crippen molar-refractivity contribution in [2.24, 2.45) is 7.05 Å². The molecule has 0 aromatic carbocycles. The summed E-state index contributed by atoms with van der Waals surface area (Å²) in [6.45, 7) is 6.90. The lowest BCUT2D eigenvalue weighted by Crippen LogP contribution is -2.41. The minimum Gasteiger partial charge on any atom is -0.353 e. The first-order chi connectivity index (χ1) is 8.73. The van der Waals surface area contributed by atoms with Crippen molar-refractivity contribution in [2.75, 3.05) is 5.32 Å². The topological polar surface area (TPSA) is 102 Å². The second-order valence-electron chi connectivity index (χ2n) is 4.69. The zero-order valence-electron chi connectivity index (χ0n) is 11.7. The molecule has 1 heterocycles. The van der Waals surface area contributed by atoms with E-state index in [2.05, 4.69) is 15.7 Å². The monoisotopic (exact) mass is 269 g/mol. The van der Waals surface area contributed by atoms with E-state index in [1.54, 1.807) is 20.9 Å². The molecular formula is C11H19N5O3.